The predicted octanol–water partition coefficient (Wildman–Crippen LogP) is 5.88. The van der Waals surface area contributed by atoms with Crippen LogP contribution in [0.4, 0.5) is 5.00 Å². The lowest BCUT2D eigenvalue weighted by molar-refractivity contribution is 0.0996. The Labute approximate surface area is 181 Å². The average Bonchev–Trinajstić information content (AvgIpc) is 3.41. The second-order valence-corrected chi connectivity index (χ2v) is 8.83. The summed E-state index contributed by atoms with van der Waals surface area (Å²) in [6.07, 6.45) is 5.19. The van der Waals surface area contributed by atoms with Gasteiger partial charge in [0.15, 0.2) is 5.76 Å². The minimum absolute atomic E-state index is 0.0952. The molecule has 6 heteroatoms. The molecular formula is C24H28N2O3S. The lowest BCUT2D eigenvalue weighted by Gasteiger charge is -2.35. The molecular weight excluding hydrogens is 396 g/mol. The molecule has 1 N–H and O–H groups in total. The van der Waals surface area contributed by atoms with E-state index in [4.69, 9.17) is 9.15 Å². The molecule has 1 aliphatic rings. The van der Waals surface area contributed by atoms with Gasteiger partial charge in [0.05, 0.1) is 18.9 Å². The van der Waals surface area contributed by atoms with Crippen LogP contribution in [0.5, 0.6) is 5.75 Å². The number of likely N-dealkylation sites (tertiary alicyclic amines) is 1. The van der Waals surface area contributed by atoms with Crippen molar-refractivity contribution < 1.29 is 13.9 Å². The zero-order valence-corrected chi connectivity index (χ0v) is 18.3. The molecule has 0 aliphatic carbocycles. The van der Waals surface area contributed by atoms with E-state index < -0.39 is 0 Å². The van der Waals surface area contributed by atoms with Gasteiger partial charge in [-0.25, -0.2) is 0 Å². The molecule has 1 aliphatic heterocycles. The molecule has 1 atom stereocenters. The summed E-state index contributed by atoms with van der Waals surface area (Å²) in [6.45, 7) is 6.84. The summed E-state index contributed by atoms with van der Waals surface area (Å²) in [6, 6.07) is 14.1. The van der Waals surface area contributed by atoms with E-state index >= 15 is 0 Å². The molecule has 2 aromatic heterocycles. The highest BCUT2D eigenvalue weighted by Gasteiger charge is 2.28. The van der Waals surface area contributed by atoms with E-state index in [2.05, 4.69) is 35.3 Å². The monoisotopic (exact) mass is 424 g/mol. The molecule has 158 valence electrons. The lowest BCUT2D eigenvalue weighted by Crippen LogP contribution is -2.34. The van der Waals surface area contributed by atoms with Crippen LogP contribution in [0, 0.1) is 6.92 Å². The van der Waals surface area contributed by atoms with Gasteiger partial charge in [-0.2, -0.15) is 0 Å². The summed E-state index contributed by atoms with van der Waals surface area (Å²) in [5, 5.41) is 3.98. The number of carbonyl (C=O) groups is 1. The minimum Gasteiger partial charge on any atom is -0.494 e. The van der Waals surface area contributed by atoms with Crippen molar-refractivity contribution in [1.82, 2.24) is 4.90 Å². The Morgan fingerprint density at radius 3 is 2.63 bits per heavy atom. The quantitative estimate of drug-likeness (QED) is 0.515. The Balaban J connectivity index is 1.69. The van der Waals surface area contributed by atoms with Gasteiger partial charge in [-0.15, -0.1) is 11.3 Å². The summed E-state index contributed by atoms with van der Waals surface area (Å²) in [7, 11) is 0. The highest BCUT2D eigenvalue weighted by Crippen LogP contribution is 2.40. The number of furan rings is 1. The zero-order valence-electron chi connectivity index (χ0n) is 17.5. The van der Waals surface area contributed by atoms with Crippen LogP contribution >= 0.6 is 11.3 Å². The van der Waals surface area contributed by atoms with Gasteiger partial charge in [-0.05, 0) is 75.7 Å². The summed E-state index contributed by atoms with van der Waals surface area (Å²) in [5.74, 6) is 0.987. The normalized spacial score (nSPS) is 15.7. The van der Waals surface area contributed by atoms with E-state index in [1.807, 2.05) is 19.1 Å². The van der Waals surface area contributed by atoms with Crippen molar-refractivity contribution in [3.05, 3.63) is 70.5 Å². The van der Waals surface area contributed by atoms with Gasteiger partial charge in [0.25, 0.3) is 5.91 Å². The Hall–Kier alpha value is -2.57. The summed E-state index contributed by atoms with van der Waals surface area (Å²) < 4.78 is 10.9. The fourth-order valence-corrected chi connectivity index (χ4v) is 5.02. The minimum atomic E-state index is -0.216. The maximum absolute atomic E-state index is 12.7. The van der Waals surface area contributed by atoms with Gasteiger partial charge < -0.3 is 14.5 Å². The number of rotatable bonds is 7. The first-order valence-electron chi connectivity index (χ1n) is 10.6. The molecule has 3 heterocycles. The van der Waals surface area contributed by atoms with E-state index in [1.54, 1.807) is 23.5 Å². The summed E-state index contributed by atoms with van der Waals surface area (Å²) in [4.78, 5) is 16.4. The molecule has 4 rings (SSSR count). The topological polar surface area (TPSA) is 54.7 Å². The molecule has 0 spiro atoms. The van der Waals surface area contributed by atoms with Crippen LogP contribution in [-0.2, 0) is 0 Å². The first-order valence-corrected chi connectivity index (χ1v) is 11.4. The largest absolute Gasteiger partial charge is 0.494 e. The molecule has 0 saturated carbocycles. The first-order chi connectivity index (χ1) is 14.7. The number of nitrogens with zero attached hydrogens (tertiary/aromatic N) is 1. The first kappa shape index (κ1) is 20.7. The highest BCUT2D eigenvalue weighted by molar-refractivity contribution is 7.16. The van der Waals surface area contributed by atoms with Crippen LogP contribution in [0.3, 0.4) is 0 Å². The predicted molar refractivity (Wildman–Crippen MR) is 121 cm³/mol. The van der Waals surface area contributed by atoms with Crippen molar-refractivity contribution in [3.63, 3.8) is 0 Å². The number of piperidine rings is 1. The molecule has 5 nitrogen and oxygen atoms in total. The average molecular weight is 425 g/mol. The van der Waals surface area contributed by atoms with Gasteiger partial charge in [-0.3, -0.25) is 9.69 Å². The van der Waals surface area contributed by atoms with E-state index in [1.165, 1.54) is 36.0 Å². The molecule has 0 unspecified atom stereocenters. The maximum Gasteiger partial charge on any atom is 0.291 e. The molecule has 1 saturated heterocycles. The molecule has 1 fully saturated rings. The number of anilines is 1. The van der Waals surface area contributed by atoms with Gasteiger partial charge in [0, 0.05) is 10.4 Å². The second kappa shape index (κ2) is 9.49. The smallest absolute Gasteiger partial charge is 0.291 e. The number of hydrogen-bond acceptors (Lipinski definition) is 5. The fourth-order valence-electron chi connectivity index (χ4n) is 4.08. The van der Waals surface area contributed by atoms with Crippen molar-refractivity contribution in [2.45, 2.75) is 39.2 Å². The third-order valence-corrected chi connectivity index (χ3v) is 6.39. The number of ether oxygens (including phenoxy) is 1. The summed E-state index contributed by atoms with van der Waals surface area (Å²) >= 11 is 1.61. The van der Waals surface area contributed by atoms with Crippen LogP contribution in [-0.4, -0.2) is 30.5 Å². The van der Waals surface area contributed by atoms with Crippen molar-refractivity contribution in [2.24, 2.45) is 0 Å². The third-order valence-electron chi connectivity index (χ3n) is 5.41. The van der Waals surface area contributed by atoms with Gasteiger partial charge in [0.1, 0.15) is 10.8 Å². The number of hydrogen-bond donors (Lipinski definition) is 1. The molecule has 1 amide bonds. The Bertz CT molecular complexity index is 957. The van der Waals surface area contributed by atoms with E-state index in [0.29, 0.717) is 12.4 Å². The van der Waals surface area contributed by atoms with Crippen LogP contribution in [0.2, 0.25) is 0 Å². The van der Waals surface area contributed by atoms with Gasteiger partial charge in [0.2, 0.25) is 0 Å². The lowest BCUT2D eigenvalue weighted by atomic mass is 9.96. The fraction of sp³-hybridized carbons (Fsp3) is 0.375. The van der Waals surface area contributed by atoms with Crippen molar-refractivity contribution >= 4 is 22.2 Å². The van der Waals surface area contributed by atoms with Crippen LogP contribution in [0.25, 0.3) is 0 Å². The number of nitrogens with one attached hydrogen (secondary N) is 1. The second-order valence-electron chi connectivity index (χ2n) is 7.57. The molecule has 30 heavy (non-hydrogen) atoms. The van der Waals surface area contributed by atoms with Crippen LogP contribution in [0.1, 0.15) is 58.8 Å². The van der Waals surface area contributed by atoms with E-state index in [-0.39, 0.29) is 11.9 Å². The SMILES string of the molecule is CCOc1ccc([C@@H](c2cc(C)sc2NC(=O)c2ccco2)N2CCCCC2)cc1. The molecule has 3 aromatic rings. The number of thiophene rings is 1. The van der Waals surface area contributed by atoms with Crippen molar-refractivity contribution in [1.29, 1.82) is 0 Å². The van der Waals surface area contributed by atoms with Crippen LogP contribution < -0.4 is 10.1 Å². The maximum atomic E-state index is 12.7. The Kier molecular flexibility index (Phi) is 6.55. The van der Waals surface area contributed by atoms with Crippen molar-refractivity contribution in [2.75, 3.05) is 25.0 Å². The summed E-state index contributed by atoms with van der Waals surface area (Å²) in [5.41, 5.74) is 2.36. The number of amides is 1. The van der Waals surface area contributed by atoms with Crippen molar-refractivity contribution in [3.8, 4) is 5.75 Å². The Morgan fingerprint density at radius 2 is 1.97 bits per heavy atom. The van der Waals surface area contributed by atoms with E-state index in [9.17, 15) is 4.79 Å². The van der Waals surface area contributed by atoms with E-state index in [0.717, 1.165) is 29.4 Å². The molecule has 0 radical (unpaired) electrons. The van der Waals surface area contributed by atoms with Crippen LogP contribution in [0.15, 0.2) is 53.1 Å². The number of aryl methyl sites for hydroxylation is 1. The van der Waals surface area contributed by atoms with Gasteiger partial charge >= 0.3 is 0 Å². The van der Waals surface area contributed by atoms with Gasteiger partial charge in [-0.1, -0.05) is 18.6 Å². The number of benzene rings is 1. The molecule has 0 bridgehead atoms. The number of carbonyl (C=O) groups excluding carboxylic acids is 1. The third kappa shape index (κ3) is 4.60. The zero-order chi connectivity index (χ0) is 20.9. The Morgan fingerprint density at radius 1 is 1.20 bits per heavy atom. The standard InChI is InChI=1S/C24H28N2O3S/c1-3-28-19-11-9-18(10-12-19)22(26-13-5-4-6-14-26)20-16-17(2)30-24(20)25-23(27)21-8-7-15-29-21/h7-12,15-16,22H,3-6,13-14H2,1-2H3,(H,25,27)/t22-/m0/s1. The highest BCUT2D eigenvalue weighted by atomic mass is 32.1. The molecule has 1 aromatic carbocycles.